The first-order chi connectivity index (χ1) is 17.3. The highest BCUT2D eigenvalue weighted by Crippen LogP contribution is 2.43. The van der Waals surface area contributed by atoms with Crippen molar-refractivity contribution in [1.82, 2.24) is 0 Å². The van der Waals surface area contributed by atoms with E-state index >= 15 is 0 Å². The molecule has 1 saturated heterocycles. The van der Waals surface area contributed by atoms with Crippen molar-refractivity contribution < 1.29 is 9.59 Å². The highest BCUT2D eigenvalue weighted by molar-refractivity contribution is 9.15. The zero-order valence-electron chi connectivity index (χ0n) is 22.8. The van der Waals surface area contributed by atoms with Crippen LogP contribution < -0.4 is 9.80 Å². The van der Waals surface area contributed by atoms with Crippen molar-refractivity contribution in [3.8, 4) is 0 Å². The molecule has 190 valence electrons. The predicted octanol–water partition coefficient (Wildman–Crippen LogP) is 7.82. The van der Waals surface area contributed by atoms with Crippen LogP contribution in [-0.2, 0) is 9.59 Å². The number of aryl methyl sites for hydroxylation is 6. The lowest BCUT2D eigenvalue weighted by molar-refractivity contribution is -0.139. The van der Waals surface area contributed by atoms with Gasteiger partial charge in [0.05, 0.1) is 15.9 Å². The molecule has 1 aliphatic rings. The molecule has 2 amide bonds. The lowest BCUT2D eigenvalue weighted by Gasteiger charge is -2.45. The van der Waals surface area contributed by atoms with Gasteiger partial charge in [0.15, 0.2) is 5.82 Å². The lowest BCUT2D eigenvalue weighted by Crippen LogP contribution is -2.60. The third-order valence-electron chi connectivity index (χ3n) is 6.87. The monoisotopic (exact) mass is 556 g/mol. The van der Waals surface area contributed by atoms with Crippen LogP contribution >= 0.6 is 15.9 Å². The van der Waals surface area contributed by atoms with Gasteiger partial charge in [-0.3, -0.25) is 19.4 Å². The second-order valence-corrected chi connectivity index (χ2v) is 11.3. The number of carbonyl (C=O) groups is 2. The first-order valence-electron chi connectivity index (χ1n) is 12.4. The molecule has 4 nitrogen and oxygen atoms in total. The third-order valence-corrected chi connectivity index (χ3v) is 7.52. The van der Waals surface area contributed by atoms with Crippen LogP contribution in [0.4, 0.5) is 11.4 Å². The lowest BCUT2D eigenvalue weighted by atomic mass is 9.85. The largest absolute Gasteiger partial charge is 0.273 e. The molecular formula is C32H33BrN2O2. The average molecular weight is 558 g/mol. The summed E-state index contributed by atoms with van der Waals surface area (Å²) in [6.07, 6.45) is 0. The van der Waals surface area contributed by atoms with Gasteiger partial charge >= 0.3 is 0 Å². The topological polar surface area (TPSA) is 40.6 Å². The van der Waals surface area contributed by atoms with Gasteiger partial charge in [0.25, 0.3) is 0 Å². The molecule has 0 aliphatic carbocycles. The molecule has 0 spiro atoms. The number of hydrogen-bond acceptors (Lipinski definition) is 2. The predicted molar refractivity (Wildman–Crippen MR) is 156 cm³/mol. The van der Waals surface area contributed by atoms with Gasteiger partial charge in [0.1, 0.15) is 5.41 Å². The molecule has 4 rings (SSSR count). The molecule has 3 aromatic rings. The summed E-state index contributed by atoms with van der Waals surface area (Å²) < 4.78 is 0.656. The van der Waals surface area contributed by atoms with E-state index in [9.17, 15) is 9.59 Å². The van der Waals surface area contributed by atoms with Crippen molar-refractivity contribution in [2.75, 3.05) is 9.80 Å². The number of carbonyl (C=O) groups excluding carboxylic acids is 2. The Morgan fingerprint density at radius 3 is 1.46 bits per heavy atom. The van der Waals surface area contributed by atoms with E-state index in [-0.39, 0.29) is 11.8 Å². The van der Waals surface area contributed by atoms with Gasteiger partial charge in [-0.15, -0.1) is 0 Å². The Morgan fingerprint density at radius 1 is 0.703 bits per heavy atom. The van der Waals surface area contributed by atoms with Crippen molar-refractivity contribution in [3.05, 3.63) is 105 Å². The number of nitrogens with zero attached hydrogens (tertiary/aromatic N) is 2. The number of rotatable bonds is 3. The first-order valence-corrected chi connectivity index (χ1v) is 13.2. The van der Waals surface area contributed by atoms with Crippen molar-refractivity contribution in [2.45, 2.75) is 55.4 Å². The fourth-order valence-corrected chi connectivity index (χ4v) is 5.72. The highest BCUT2D eigenvalue weighted by Gasteiger charge is 2.51. The second-order valence-electron chi connectivity index (χ2n) is 10.5. The maximum atomic E-state index is 14.2. The smallest absolute Gasteiger partial charge is 0.248 e. The van der Waals surface area contributed by atoms with E-state index < -0.39 is 5.41 Å². The normalized spacial score (nSPS) is 15.2. The van der Waals surface area contributed by atoms with Gasteiger partial charge in [-0.25, -0.2) is 0 Å². The second kappa shape index (κ2) is 9.81. The number of halogens is 1. The molecule has 3 aromatic carbocycles. The maximum absolute atomic E-state index is 14.2. The van der Waals surface area contributed by atoms with Crippen LogP contribution in [-0.4, -0.2) is 11.8 Å². The molecule has 1 heterocycles. The van der Waals surface area contributed by atoms with Gasteiger partial charge in [-0.2, -0.15) is 0 Å². The van der Waals surface area contributed by atoms with Crippen LogP contribution in [0, 0.1) is 47.0 Å². The van der Waals surface area contributed by atoms with E-state index in [0.717, 1.165) is 50.3 Å². The molecule has 0 aromatic heterocycles. The van der Waals surface area contributed by atoms with Gasteiger partial charge < -0.3 is 0 Å². The Hall–Kier alpha value is -3.40. The molecule has 0 saturated carbocycles. The van der Waals surface area contributed by atoms with E-state index in [1.165, 1.54) is 0 Å². The average Bonchev–Trinajstić information content (AvgIpc) is 2.81. The van der Waals surface area contributed by atoms with E-state index in [2.05, 4.69) is 45.9 Å². The van der Waals surface area contributed by atoms with E-state index in [1.54, 1.807) is 23.6 Å². The molecule has 0 atom stereocenters. The number of amides is 2. The van der Waals surface area contributed by atoms with Crippen LogP contribution in [0.25, 0.3) is 4.48 Å². The summed E-state index contributed by atoms with van der Waals surface area (Å²) in [7, 11) is 0. The molecule has 0 radical (unpaired) electrons. The number of benzene rings is 3. The summed E-state index contributed by atoms with van der Waals surface area (Å²) in [6.45, 7) is 15.5. The zero-order valence-corrected chi connectivity index (χ0v) is 24.4. The zero-order chi connectivity index (χ0) is 27.2. The van der Waals surface area contributed by atoms with Crippen molar-refractivity contribution >= 4 is 43.6 Å². The SMILES string of the molecule is Cc1cc(C)c(N2C(=O)C(C)(C)C(=O)N(c3c(C)cc(C)cc3C)C2=C=C(Br)c2ccccc2)c(C)c1. The highest BCUT2D eigenvalue weighted by atomic mass is 79.9. The first kappa shape index (κ1) is 26.7. The standard InChI is InChI=1S/C32H33BrN2O2/c1-19-14-21(3)28(22(4)15-19)34-27(18-26(33)25-12-10-9-11-13-25)35(31(37)32(7,8)30(34)36)29-23(5)16-20(2)17-24(29)6/h9-17H,1-8H3. The Morgan fingerprint density at radius 2 is 1.08 bits per heavy atom. The minimum absolute atomic E-state index is 0.276. The van der Waals surface area contributed by atoms with Crippen molar-refractivity contribution in [3.63, 3.8) is 0 Å². The van der Waals surface area contributed by atoms with Gasteiger partial charge in [0.2, 0.25) is 11.8 Å². The molecule has 0 unspecified atom stereocenters. The van der Waals surface area contributed by atoms with Crippen LogP contribution in [0.1, 0.15) is 52.8 Å². The molecular weight excluding hydrogens is 524 g/mol. The minimum atomic E-state index is -1.28. The molecule has 5 heteroatoms. The van der Waals surface area contributed by atoms with Crippen LogP contribution in [0.2, 0.25) is 0 Å². The summed E-state index contributed by atoms with van der Waals surface area (Å²) in [6, 6.07) is 18.0. The van der Waals surface area contributed by atoms with E-state index in [0.29, 0.717) is 10.3 Å². The summed E-state index contributed by atoms with van der Waals surface area (Å²) in [5.74, 6) is -0.167. The van der Waals surface area contributed by atoms with Crippen molar-refractivity contribution in [2.24, 2.45) is 5.41 Å². The van der Waals surface area contributed by atoms with E-state index in [1.807, 2.05) is 71.9 Å². The molecule has 0 bridgehead atoms. The number of anilines is 2. The fraction of sp³-hybridized carbons (Fsp3) is 0.281. The van der Waals surface area contributed by atoms with E-state index in [4.69, 9.17) is 0 Å². The van der Waals surface area contributed by atoms with Crippen LogP contribution in [0.3, 0.4) is 0 Å². The Kier molecular flexibility index (Phi) is 7.07. The van der Waals surface area contributed by atoms with Crippen LogP contribution in [0.15, 0.2) is 66.1 Å². The molecule has 37 heavy (non-hydrogen) atoms. The quantitative estimate of drug-likeness (QED) is 0.243. The third kappa shape index (κ3) is 4.70. The molecule has 0 N–H and O–H groups in total. The number of hydrogen-bond donors (Lipinski definition) is 0. The van der Waals surface area contributed by atoms with Gasteiger partial charge in [-0.05, 0) is 99.1 Å². The minimum Gasteiger partial charge on any atom is -0.273 e. The molecule has 1 aliphatic heterocycles. The summed E-state index contributed by atoms with van der Waals surface area (Å²) in [5, 5.41) is 0. The summed E-state index contributed by atoms with van der Waals surface area (Å²) in [5.41, 5.74) is 10.7. The summed E-state index contributed by atoms with van der Waals surface area (Å²) >= 11 is 3.70. The molecule has 1 fully saturated rings. The Balaban J connectivity index is 2.16. The van der Waals surface area contributed by atoms with Gasteiger partial charge in [0, 0.05) is 0 Å². The maximum Gasteiger partial charge on any atom is 0.248 e. The summed E-state index contributed by atoms with van der Waals surface area (Å²) in [4.78, 5) is 31.7. The fourth-order valence-electron chi connectivity index (χ4n) is 5.27. The Labute approximate surface area is 228 Å². The van der Waals surface area contributed by atoms with Crippen molar-refractivity contribution in [1.29, 1.82) is 0 Å². The van der Waals surface area contributed by atoms with Crippen LogP contribution in [0.5, 0.6) is 0 Å². The Bertz CT molecular complexity index is 1370. The van der Waals surface area contributed by atoms with Gasteiger partial charge in [-0.1, -0.05) is 71.5 Å².